The molecule has 37 heavy (non-hydrogen) atoms. The highest BCUT2D eigenvalue weighted by Crippen LogP contribution is 2.62. The van der Waals surface area contributed by atoms with Crippen molar-refractivity contribution in [2.45, 2.75) is 62.9 Å². The van der Waals surface area contributed by atoms with Gasteiger partial charge in [0, 0.05) is 12.0 Å². The van der Waals surface area contributed by atoms with Gasteiger partial charge in [0.1, 0.15) is 35.8 Å². The predicted octanol–water partition coefficient (Wildman–Crippen LogP) is 2.78. The molecule has 1 aromatic carbocycles. The molecule has 2 saturated heterocycles. The number of nitrogen functional groups attached to an aromatic ring is 1. The van der Waals surface area contributed by atoms with E-state index < -0.39 is 61.8 Å². The summed E-state index contributed by atoms with van der Waals surface area (Å²) in [5.41, 5.74) is 3.30. The van der Waals surface area contributed by atoms with Crippen LogP contribution in [0.1, 0.15) is 45.1 Å². The first-order valence-electron chi connectivity index (χ1n) is 11.4. The first-order chi connectivity index (χ1) is 17.3. The molecule has 0 amide bonds. The minimum Gasteiger partial charge on any atom is -0.387 e. The fourth-order valence-corrected chi connectivity index (χ4v) is 6.24. The molecule has 0 saturated carbocycles. The summed E-state index contributed by atoms with van der Waals surface area (Å²) in [6.45, 7) is 4.04. The van der Waals surface area contributed by atoms with Crippen molar-refractivity contribution in [3.05, 3.63) is 48.1 Å². The van der Waals surface area contributed by atoms with Gasteiger partial charge in [0.2, 0.25) is 0 Å². The zero-order chi connectivity index (χ0) is 26.8. The second kappa shape index (κ2) is 9.02. The quantitative estimate of drug-likeness (QED) is 0.407. The van der Waals surface area contributed by atoms with Crippen LogP contribution >= 0.6 is 7.82 Å². The number of imidazole rings is 1. The van der Waals surface area contributed by atoms with Crippen LogP contribution in [-0.2, 0) is 22.9 Å². The molecule has 12 nitrogen and oxygen atoms in total. The molecule has 1 unspecified atom stereocenters. The largest absolute Gasteiger partial charge is 0.476 e. The standard InChI is InChI=1S/C22H26F2N5O7P/c1-21(2)7-13(11-5-4-6-12(23)15(11)24)35-37(32,36-21)33-8-14-17(30)22(3,31)20(34-14)29-10-28-16-18(25)26-9-27-19(16)29/h4-6,9-10,13-14,17,20,30-31H,7-8H2,1-3H3,(H2,25,26,27)/t13-,14+,17+,20+,22+,37?/m0/s1. The van der Waals surface area contributed by atoms with Gasteiger partial charge in [-0.3, -0.25) is 18.1 Å². The second-order valence-corrected chi connectivity index (χ2v) is 11.4. The molecule has 2 fully saturated rings. The van der Waals surface area contributed by atoms with Crippen LogP contribution in [0.5, 0.6) is 0 Å². The molecular formula is C22H26F2N5O7P. The lowest BCUT2D eigenvalue weighted by Gasteiger charge is -2.39. The van der Waals surface area contributed by atoms with Crippen molar-refractivity contribution < 1.29 is 41.9 Å². The summed E-state index contributed by atoms with van der Waals surface area (Å²) in [5.74, 6) is -2.07. The van der Waals surface area contributed by atoms with Crippen LogP contribution in [-0.4, -0.2) is 59.7 Å². The summed E-state index contributed by atoms with van der Waals surface area (Å²) in [7, 11) is -4.36. The Morgan fingerprint density at radius 3 is 2.78 bits per heavy atom. The van der Waals surface area contributed by atoms with Crippen molar-refractivity contribution in [3.63, 3.8) is 0 Å². The Kier molecular flexibility index (Phi) is 6.35. The molecule has 4 N–H and O–H groups in total. The van der Waals surface area contributed by atoms with Crippen LogP contribution < -0.4 is 5.73 Å². The monoisotopic (exact) mass is 541 g/mol. The third kappa shape index (κ3) is 4.63. The third-order valence-corrected chi connectivity index (χ3v) is 8.11. The van der Waals surface area contributed by atoms with Gasteiger partial charge in [-0.2, -0.15) is 0 Å². The highest BCUT2D eigenvalue weighted by atomic mass is 31.2. The van der Waals surface area contributed by atoms with E-state index in [1.165, 1.54) is 36.3 Å². The van der Waals surface area contributed by atoms with E-state index >= 15 is 0 Å². The molecule has 0 aliphatic carbocycles. The number of halogens is 2. The Balaban J connectivity index is 1.36. The van der Waals surface area contributed by atoms with Crippen molar-refractivity contribution in [2.75, 3.05) is 12.3 Å². The van der Waals surface area contributed by atoms with Gasteiger partial charge in [0.15, 0.2) is 29.3 Å². The van der Waals surface area contributed by atoms with Gasteiger partial charge in [0.25, 0.3) is 0 Å². The maximum absolute atomic E-state index is 14.4. The topological polar surface area (TPSA) is 164 Å². The van der Waals surface area contributed by atoms with Crippen LogP contribution in [0.2, 0.25) is 0 Å². The number of aromatic nitrogens is 4. The summed E-state index contributed by atoms with van der Waals surface area (Å²) < 4.78 is 65.5. The molecule has 200 valence electrons. The van der Waals surface area contributed by atoms with Crippen LogP contribution in [0, 0.1) is 11.6 Å². The zero-order valence-corrected chi connectivity index (χ0v) is 21.0. The first kappa shape index (κ1) is 26.0. The summed E-state index contributed by atoms with van der Waals surface area (Å²) in [6, 6.07) is 3.60. The number of nitrogens with two attached hydrogens (primary N) is 1. The van der Waals surface area contributed by atoms with Crippen molar-refractivity contribution in [1.29, 1.82) is 0 Å². The van der Waals surface area contributed by atoms with E-state index in [-0.39, 0.29) is 29.0 Å². The van der Waals surface area contributed by atoms with E-state index in [2.05, 4.69) is 15.0 Å². The van der Waals surface area contributed by atoms with Crippen molar-refractivity contribution in [2.24, 2.45) is 0 Å². The number of phosphoric acid groups is 1. The summed E-state index contributed by atoms with van der Waals surface area (Å²) >= 11 is 0. The smallest absolute Gasteiger partial charge is 0.387 e. The van der Waals surface area contributed by atoms with E-state index in [4.69, 9.17) is 24.0 Å². The maximum Gasteiger partial charge on any atom is 0.476 e. The molecule has 6 atom stereocenters. The van der Waals surface area contributed by atoms with Crippen LogP contribution in [0.3, 0.4) is 0 Å². The van der Waals surface area contributed by atoms with E-state index in [1.54, 1.807) is 13.8 Å². The Labute approximate surface area is 210 Å². The van der Waals surface area contributed by atoms with Crippen LogP contribution in [0.4, 0.5) is 14.6 Å². The van der Waals surface area contributed by atoms with Gasteiger partial charge in [-0.15, -0.1) is 0 Å². The van der Waals surface area contributed by atoms with Crippen LogP contribution in [0.25, 0.3) is 11.2 Å². The number of fused-ring (bicyclic) bond motifs is 1. The molecule has 0 spiro atoms. The fourth-order valence-electron chi connectivity index (χ4n) is 4.58. The van der Waals surface area contributed by atoms with Gasteiger partial charge in [-0.25, -0.2) is 28.3 Å². The van der Waals surface area contributed by atoms with Crippen molar-refractivity contribution >= 4 is 24.8 Å². The summed E-state index contributed by atoms with van der Waals surface area (Å²) in [6.07, 6.45) is -2.37. The molecular weight excluding hydrogens is 515 g/mol. The predicted molar refractivity (Wildman–Crippen MR) is 124 cm³/mol. The van der Waals surface area contributed by atoms with Crippen molar-refractivity contribution in [3.8, 4) is 0 Å². The molecule has 5 rings (SSSR count). The van der Waals surface area contributed by atoms with Gasteiger partial charge in [0.05, 0.1) is 18.5 Å². The molecule has 2 aromatic heterocycles. The number of ether oxygens (including phenoxy) is 1. The van der Waals surface area contributed by atoms with E-state index in [0.717, 1.165) is 6.07 Å². The maximum atomic E-state index is 14.4. The molecule has 2 aliphatic rings. The Morgan fingerprint density at radius 1 is 1.27 bits per heavy atom. The molecule has 15 heteroatoms. The lowest BCUT2D eigenvalue weighted by Crippen LogP contribution is -2.44. The number of phosphoric ester groups is 1. The minimum atomic E-state index is -4.36. The Hall–Kier alpha value is -2.58. The second-order valence-electron chi connectivity index (χ2n) is 9.82. The molecule has 2 aliphatic heterocycles. The number of nitrogens with zero attached hydrogens (tertiary/aromatic N) is 4. The minimum absolute atomic E-state index is 0.0682. The number of aliphatic hydroxyl groups is 2. The van der Waals surface area contributed by atoms with Gasteiger partial charge in [-0.1, -0.05) is 12.1 Å². The van der Waals surface area contributed by atoms with E-state index in [1.807, 2.05) is 0 Å². The Bertz CT molecular complexity index is 1390. The van der Waals surface area contributed by atoms with E-state index in [0.29, 0.717) is 0 Å². The number of hydrogen-bond acceptors (Lipinski definition) is 11. The van der Waals surface area contributed by atoms with Gasteiger partial charge < -0.3 is 20.7 Å². The average Bonchev–Trinajstić information content (AvgIpc) is 3.33. The molecule has 3 aromatic rings. The zero-order valence-electron chi connectivity index (χ0n) is 20.1. The molecule has 0 bridgehead atoms. The normalized spacial score (nSPS) is 33.7. The third-order valence-electron chi connectivity index (χ3n) is 6.41. The highest BCUT2D eigenvalue weighted by Gasteiger charge is 2.55. The Morgan fingerprint density at radius 2 is 2.03 bits per heavy atom. The number of hydrogen-bond donors (Lipinski definition) is 3. The lowest BCUT2D eigenvalue weighted by molar-refractivity contribution is -0.0967. The van der Waals surface area contributed by atoms with E-state index in [9.17, 15) is 23.6 Å². The van der Waals surface area contributed by atoms with Gasteiger partial charge in [-0.05, 0) is 26.8 Å². The lowest BCUT2D eigenvalue weighted by atomic mass is 9.96. The fraction of sp³-hybridized carbons (Fsp3) is 0.500. The number of rotatable bonds is 5. The average molecular weight is 541 g/mol. The van der Waals surface area contributed by atoms with Crippen LogP contribution in [0.15, 0.2) is 30.9 Å². The number of benzene rings is 1. The van der Waals surface area contributed by atoms with Crippen molar-refractivity contribution in [1.82, 2.24) is 19.5 Å². The number of anilines is 1. The van der Waals surface area contributed by atoms with Gasteiger partial charge >= 0.3 is 7.82 Å². The first-order valence-corrected chi connectivity index (χ1v) is 12.8. The highest BCUT2D eigenvalue weighted by molar-refractivity contribution is 7.48. The SMILES string of the molecule is CC1(C)C[C@@H](c2cccc(F)c2F)OP(=O)(OC[C@H]2O[C@@H](n3cnc4c(N)ncnc43)[C@](C)(O)[C@@H]2O)O1. The summed E-state index contributed by atoms with van der Waals surface area (Å²) in [5, 5.41) is 21.9. The number of aliphatic hydroxyl groups excluding tert-OH is 1. The molecule has 0 radical (unpaired) electrons. The summed E-state index contributed by atoms with van der Waals surface area (Å²) in [4.78, 5) is 12.1. The molecule has 4 heterocycles.